The van der Waals surface area contributed by atoms with Crippen LogP contribution < -0.4 is 10.1 Å². The molecule has 0 bridgehead atoms. The highest BCUT2D eigenvalue weighted by Gasteiger charge is 2.28. The second-order valence-electron chi connectivity index (χ2n) is 8.02. The van der Waals surface area contributed by atoms with Gasteiger partial charge in [-0.3, -0.25) is 9.59 Å². The molecule has 0 radical (unpaired) electrons. The first-order valence-electron chi connectivity index (χ1n) is 11.5. The van der Waals surface area contributed by atoms with Gasteiger partial charge in [-0.1, -0.05) is 37.6 Å². The standard InChI is InChI=1S/C26H35ClN2O3S/c1-5-19(3)28-26(31)24(6-2)29(18-20-9-13-22(32-4)14-10-20)25(30)8-7-17-33-23-15-11-21(27)12-16-23/h9-16,19,24H,5-8,17-18H2,1-4H3,(H,28,31)/t19-,24-/m1/s1. The van der Waals surface area contributed by atoms with Gasteiger partial charge in [0.1, 0.15) is 11.8 Å². The summed E-state index contributed by atoms with van der Waals surface area (Å²) in [7, 11) is 1.62. The van der Waals surface area contributed by atoms with Crippen LogP contribution in [0.15, 0.2) is 53.4 Å². The molecule has 0 saturated carbocycles. The molecule has 2 aromatic rings. The zero-order chi connectivity index (χ0) is 24.2. The molecule has 1 N–H and O–H groups in total. The topological polar surface area (TPSA) is 58.6 Å². The minimum Gasteiger partial charge on any atom is -0.497 e. The molecular weight excluding hydrogens is 456 g/mol. The summed E-state index contributed by atoms with van der Waals surface area (Å²) < 4.78 is 5.24. The number of methoxy groups -OCH3 is 1. The number of nitrogens with one attached hydrogen (secondary N) is 1. The van der Waals surface area contributed by atoms with Crippen LogP contribution in [0.2, 0.25) is 5.02 Å². The molecule has 2 atom stereocenters. The number of carbonyl (C=O) groups excluding carboxylic acids is 2. The van der Waals surface area contributed by atoms with E-state index in [0.29, 0.717) is 24.4 Å². The maximum Gasteiger partial charge on any atom is 0.243 e. The smallest absolute Gasteiger partial charge is 0.243 e. The Kier molecular flexibility index (Phi) is 11.6. The summed E-state index contributed by atoms with van der Waals surface area (Å²) in [6.45, 7) is 6.35. The molecule has 0 aliphatic heterocycles. The van der Waals surface area contributed by atoms with Gasteiger partial charge in [0.15, 0.2) is 0 Å². The Labute approximate surface area is 207 Å². The number of benzene rings is 2. The molecule has 0 aliphatic carbocycles. The Morgan fingerprint density at radius 3 is 2.30 bits per heavy atom. The van der Waals surface area contributed by atoms with Crippen molar-refractivity contribution < 1.29 is 14.3 Å². The van der Waals surface area contributed by atoms with Gasteiger partial charge in [-0.25, -0.2) is 0 Å². The molecule has 2 amide bonds. The summed E-state index contributed by atoms with van der Waals surface area (Å²) in [5.74, 6) is 1.48. The van der Waals surface area contributed by atoms with Gasteiger partial charge >= 0.3 is 0 Å². The molecule has 0 heterocycles. The number of thioether (sulfide) groups is 1. The number of rotatable bonds is 13. The van der Waals surface area contributed by atoms with Crippen molar-refractivity contribution >= 4 is 35.2 Å². The number of ether oxygens (including phenoxy) is 1. The van der Waals surface area contributed by atoms with Crippen molar-refractivity contribution in [3.8, 4) is 5.75 Å². The van der Waals surface area contributed by atoms with Crippen molar-refractivity contribution in [2.75, 3.05) is 12.9 Å². The van der Waals surface area contributed by atoms with Gasteiger partial charge in [0.05, 0.1) is 7.11 Å². The van der Waals surface area contributed by atoms with E-state index >= 15 is 0 Å². The zero-order valence-electron chi connectivity index (χ0n) is 20.0. The molecule has 33 heavy (non-hydrogen) atoms. The first-order chi connectivity index (χ1) is 15.9. The predicted octanol–water partition coefficient (Wildman–Crippen LogP) is 5.94. The van der Waals surface area contributed by atoms with Crippen LogP contribution in [0.4, 0.5) is 0 Å². The highest BCUT2D eigenvalue weighted by molar-refractivity contribution is 7.99. The van der Waals surface area contributed by atoms with Gasteiger partial charge in [0.25, 0.3) is 0 Å². The first kappa shape index (κ1) is 27.1. The Bertz CT molecular complexity index is 874. The van der Waals surface area contributed by atoms with Gasteiger partial charge in [-0.15, -0.1) is 11.8 Å². The Morgan fingerprint density at radius 2 is 1.73 bits per heavy atom. The quantitative estimate of drug-likeness (QED) is 0.278. The molecule has 2 aromatic carbocycles. The molecule has 0 spiro atoms. The maximum absolute atomic E-state index is 13.3. The number of hydrogen-bond donors (Lipinski definition) is 1. The molecule has 5 nitrogen and oxygen atoms in total. The number of hydrogen-bond acceptors (Lipinski definition) is 4. The fraction of sp³-hybridized carbons (Fsp3) is 0.462. The lowest BCUT2D eigenvalue weighted by atomic mass is 10.1. The summed E-state index contributed by atoms with van der Waals surface area (Å²) in [6.07, 6.45) is 2.53. The average molecular weight is 491 g/mol. The SMILES string of the molecule is CC[C@@H](C)NC(=O)[C@@H](CC)N(Cc1ccc(OC)cc1)C(=O)CCCSc1ccc(Cl)cc1. The molecule has 2 rings (SSSR count). The Balaban J connectivity index is 2.07. The summed E-state index contributed by atoms with van der Waals surface area (Å²) in [4.78, 5) is 29.1. The van der Waals surface area contributed by atoms with Crippen molar-refractivity contribution in [1.29, 1.82) is 0 Å². The van der Waals surface area contributed by atoms with Crippen LogP contribution in [0, 0.1) is 0 Å². The lowest BCUT2D eigenvalue weighted by Gasteiger charge is -2.31. The monoisotopic (exact) mass is 490 g/mol. The minimum absolute atomic E-state index is 0.00586. The predicted molar refractivity (Wildman–Crippen MR) is 137 cm³/mol. The second kappa shape index (κ2) is 14.2. The summed E-state index contributed by atoms with van der Waals surface area (Å²) >= 11 is 7.64. The summed E-state index contributed by atoms with van der Waals surface area (Å²) in [5.41, 5.74) is 0.967. The van der Waals surface area contributed by atoms with Crippen LogP contribution in [0.3, 0.4) is 0 Å². The summed E-state index contributed by atoms with van der Waals surface area (Å²) in [6, 6.07) is 14.9. The summed E-state index contributed by atoms with van der Waals surface area (Å²) in [5, 5.41) is 3.76. The second-order valence-corrected chi connectivity index (χ2v) is 9.62. The fourth-order valence-electron chi connectivity index (χ4n) is 3.38. The third kappa shape index (κ3) is 8.94. The van der Waals surface area contributed by atoms with Gasteiger partial charge in [0.2, 0.25) is 11.8 Å². The van der Waals surface area contributed by atoms with Crippen LogP contribution in [-0.2, 0) is 16.1 Å². The van der Waals surface area contributed by atoms with E-state index in [-0.39, 0.29) is 17.9 Å². The molecule has 0 fully saturated rings. The molecule has 0 unspecified atom stereocenters. The molecule has 0 aromatic heterocycles. The fourth-order valence-corrected chi connectivity index (χ4v) is 4.35. The van der Waals surface area contributed by atoms with E-state index in [1.165, 1.54) is 0 Å². The van der Waals surface area contributed by atoms with Crippen molar-refractivity contribution in [2.45, 2.75) is 70.0 Å². The lowest BCUT2D eigenvalue weighted by molar-refractivity contribution is -0.141. The van der Waals surface area contributed by atoms with E-state index < -0.39 is 6.04 Å². The number of nitrogens with zero attached hydrogens (tertiary/aromatic N) is 1. The zero-order valence-corrected chi connectivity index (χ0v) is 21.5. The van der Waals surface area contributed by atoms with Crippen LogP contribution in [0.5, 0.6) is 5.75 Å². The van der Waals surface area contributed by atoms with E-state index in [1.54, 1.807) is 23.8 Å². The van der Waals surface area contributed by atoms with Crippen molar-refractivity contribution in [1.82, 2.24) is 10.2 Å². The minimum atomic E-state index is -0.502. The molecule has 7 heteroatoms. The molecular formula is C26H35ClN2O3S. The van der Waals surface area contributed by atoms with Crippen LogP contribution >= 0.6 is 23.4 Å². The van der Waals surface area contributed by atoms with Gasteiger partial charge < -0.3 is 15.0 Å². The van der Waals surface area contributed by atoms with E-state index in [0.717, 1.165) is 34.8 Å². The Morgan fingerprint density at radius 1 is 1.06 bits per heavy atom. The van der Waals surface area contributed by atoms with E-state index in [9.17, 15) is 9.59 Å². The van der Waals surface area contributed by atoms with Crippen molar-refractivity contribution in [3.63, 3.8) is 0 Å². The van der Waals surface area contributed by atoms with E-state index in [1.807, 2.05) is 69.3 Å². The number of halogens is 1. The first-order valence-corrected chi connectivity index (χ1v) is 12.8. The van der Waals surface area contributed by atoms with E-state index in [4.69, 9.17) is 16.3 Å². The molecule has 0 saturated heterocycles. The van der Waals surface area contributed by atoms with Gasteiger partial charge in [0, 0.05) is 28.9 Å². The molecule has 0 aliphatic rings. The average Bonchev–Trinajstić information content (AvgIpc) is 2.82. The highest BCUT2D eigenvalue weighted by Crippen LogP contribution is 2.22. The lowest BCUT2D eigenvalue weighted by Crippen LogP contribution is -2.50. The van der Waals surface area contributed by atoms with Crippen LogP contribution in [0.25, 0.3) is 0 Å². The van der Waals surface area contributed by atoms with Crippen LogP contribution in [-0.4, -0.2) is 41.7 Å². The van der Waals surface area contributed by atoms with E-state index in [2.05, 4.69) is 5.32 Å². The van der Waals surface area contributed by atoms with Gasteiger partial charge in [-0.05, 0) is 73.9 Å². The number of carbonyl (C=O) groups is 2. The van der Waals surface area contributed by atoms with Crippen LogP contribution in [0.1, 0.15) is 52.0 Å². The maximum atomic E-state index is 13.3. The highest BCUT2D eigenvalue weighted by atomic mass is 35.5. The van der Waals surface area contributed by atoms with Crippen molar-refractivity contribution in [2.24, 2.45) is 0 Å². The Hall–Kier alpha value is -2.18. The third-order valence-electron chi connectivity index (χ3n) is 5.52. The number of amides is 2. The van der Waals surface area contributed by atoms with Crippen molar-refractivity contribution in [3.05, 3.63) is 59.1 Å². The molecule has 180 valence electrons. The van der Waals surface area contributed by atoms with Gasteiger partial charge in [-0.2, -0.15) is 0 Å². The third-order valence-corrected chi connectivity index (χ3v) is 6.87. The normalized spacial score (nSPS) is 12.6. The largest absolute Gasteiger partial charge is 0.497 e.